The molecule has 0 saturated carbocycles. The fraction of sp³-hybridized carbons (Fsp3) is 0.0341. The molecule has 0 radical (unpaired) electrons. The van der Waals surface area contributed by atoms with Gasteiger partial charge in [-0.15, -0.1) is 0 Å². The van der Waals surface area contributed by atoms with Crippen molar-refractivity contribution in [3.8, 4) is 55.8 Å². The van der Waals surface area contributed by atoms with Crippen LogP contribution < -0.4 is 0 Å². The predicted molar refractivity (Wildman–Crippen MR) is 399 cm³/mol. The molecule has 10 nitrogen and oxygen atoms in total. The first kappa shape index (κ1) is 59.9. The lowest BCUT2D eigenvalue weighted by Crippen LogP contribution is -1.82. The van der Waals surface area contributed by atoms with Crippen molar-refractivity contribution in [2.24, 2.45) is 0 Å². The van der Waals surface area contributed by atoms with Gasteiger partial charge in [-0.2, -0.15) is 0 Å². The van der Waals surface area contributed by atoms with Gasteiger partial charge in [0.1, 0.15) is 39.0 Å². The van der Waals surface area contributed by atoms with E-state index in [9.17, 15) is 0 Å². The number of benzene rings is 10. The van der Waals surface area contributed by atoms with Crippen LogP contribution in [0, 0.1) is 20.8 Å². The van der Waals surface area contributed by atoms with Crippen LogP contribution in [-0.2, 0) is 0 Å². The molecule has 0 bridgehead atoms. The smallest absolute Gasteiger partial charge is 0.227 e. The number of pyridine rings is 5. The average molecular weight is 1270 g/mol. The lowest BCUT2D eigenvalue weighted by Gasteiger charge is -2.03. The maximum Gasteiger partial charge on any atom is 0.227 e. The molecule has 0 aliphatic heterocycles. The van der Waals surface area contributed by atoms with E-state index in [4.69, 9.17) is 27.1 Å². The van der Waals surface area contributed by atoms with Gasteiger partial charge in [-0.3, -0.25) is 9.97 Å². The van der Waals surface area contributed by atoms with Gasteiger partial charge in [-0.05, 0) is 157 Å². The minimum absolute atomic E-state index is 0.695. The Labute approximate surface area is 563 Å². The predicted octanol–water partition coefficient (Wildman–Crippen LogP) is 24.2. The first-order chi connectivity index (χ1) is 48.3. The van der Waals surface area contributed by atoms with Crippen LogP contribution in [0.15, 0.2) is 338 Å². The number of fused-ring (bicyclic) bond motifs is 15. The topological polar surface area (TPSA) is 130 Å². The van der Waals surface area contributed by atoms with Crippen LogP contribution in [0.3, 0.4) is 0 Å². The first-order valence-electron chi connectivity index (χ1n) is 32.4. The molecular weight excluding hydrogens is 1210 g/mol. The normalized spacial score (nSPS) is 11.2. The molecule has 10 heterocycles. The summed E-state index contributed by atoms with van der Waals surface area (Å²) in [4.78, 5) is 21.7. The van der Waals surface area contributed by atoms with Gasteiger partial charge in [0.25, 0.3) is 0 Å². The molecule has 0 amide bonds. The molecule has 98 heavy (non-hydrogen) atoms. The van der Waals surface area contributed by atoms with Gasteiger partial charge in [0.2, 0.25) is 11.4 Å². The van der Waals surface area contributed by atoms with Crippen molar-refractivity contribution in [1.29, 1.82) is 0 Å². The summed E-state index contributed by atoms with van der Waals surface area (Å²) in [6.45, 7) is 6.33. The third-order valence-electron chi connectivity index (χ3n) is 17.5. The maximum absolute atomic E-state index is 5.83. The number of rotatable bonds is 5. The highest BCUT2D eigenvalue weighted by molar-refractivity contribution is 6.09. The highest BCUT2D eigenvalue weighted by atomic mass is 16.3. The Morgan fingerprint density at radius 1 is 0.224 bits per heavy atom. The summed E-state index contributed by atoms with van der Waals surface area (Å²) in [5, 5.41) is 9.87. The number of hydrogen-bond donors (Lipinski definition) is 0. The van der Waals surface area contributed by atoms with Crippen LogP contribution in [-0.4, -0.2) is 24.9 Å². The molecule has 0 fully saturated rings. The molecule has 468 valence electrons. The summed E-state index contributed by atoms with van der Waals surface area (Å²) in [6.07, 6.45) is 10.8. The number of nitrogens with zero attached hydrogens (tertiary/aromatic N) is 5. The zero-order valence-electron chi connectivity index (χ0n) is 53.8. The molecule has 20 rings (SSSR count). The molecule has 10 aromatic carbocycles. The Kier molecular flexibility index (Phi) is 16.1. The molecule has 10 aromatic heterocycles. The molecule has 10 heteroatoms. The van der Waals surface area contributed by atoms with E-state index >= 15 is 0 Å². The molecular formula is C88H61N5O5. The van der Waals surface area contributed by atoms with E-state index in [-0.39, 0.29) is 0 Å². The average Bonchev–Trinajstić information content (AvgIpc) is 1.66. The van der Waals surface area contributed by atoms with Gasteiger partial charge in [0, 0.05) is 90.6 Å². The number of aryl methyl sites for hydroxylation is 3. The van der Waals surface area contributed by atoms with E-state index < -0.39 is 0 Å². The summed E-state index contributed by atoms with van der Waals surface area (Å²) in [5.74, 6) is 0. The van der Waals surface area contributed by atoms with E-state index in [1.54, 1.807) is 24.8 Å². The molecule has 0 aliphatic rings. The Bertz CT molecular complexity index is 5740. The summed E-state index contributed by atoms with van der Waals surface area (Å²) in [5.41, 5.74) is 24.8. The van der Waals surface area contributed by atoms with Gasteiger partial charge < -0.3 is 22.1 Å². The minimum Gasteiger partial charge on any atom is -0.456 e. The third-order valence-corrected chi connectivity index (χ3v) is 17.5. The maximum atomic E-state index is 5.83. The summed E-state index contributed by atoms with van der Waals surface area (Å²) in [6, 6.07) is 95.0. The third kappa shape index (κ3) is 12.3. The number of furan rings is 5. The van der Waals surface area contributed by atoms with Gasteiger partial charge in [0.15, 0.2) is 11.2 Å². The quantitative estimate of drug-likeness (QED) is 0.164. The number of hydrogen-bond acceptors (Lipinski definition) is 10. The Morgan fingerprint density at radius 2 is 0.663 bits per heavy atom. The van der Waals surface area contributed by atoms with Crippen LogP contribution in [0.25, 0.3) is 166 Å². The highest BCUT2D eigenvalue weighted by Gasteiger charge is 2.14. The van der Waals surface area contributed by atoms with Gasteiger partial charge >= 0.3 is 0 Å². The van der Waals surface area contributed by atoms with Crippen molar-refractivity contribution in [1.82, 2.24) is 24.9 Å². The number of para-hydroxylation sites is 2. The monoisotopic (exact) mass is 1270 g/mol. The van der Waals surface area contributed by atoms with E-state index in [1.165, 1.54) is 55.6 Å². The lowest BCUT2D eigenvalue weighted by molar-refractivity contribution is 0.653. The zero-order chi connectivity index (χ0) is 65.9. The Morgan fingerprint density at radius 3 is 1.31 bits per heavy atom. The van der Waals surface area contributed by atoms with Gasteiger partial charge in [-0.25, -0.2) is 15.0 Å². The highest BCUT2D eigenvalue weighted by Crippen LogP contribution is 2.37. The van der Waals surface area contributed by atoms with Crippen LogP contribution >= 0.6 is 0 Å². The molecule has 20 aromatic rings. The van der Waals surface area contributed by atoms with Gasteiger partial charge in [0.05, 0.1) is 11.9 Å². The summed E-state index contributed by atoms with van der Waals surface area (Å²) < 4.78 is 28.9. The van der Waals surface area contributed by atoms with Crippen molar-refractivity contribution in [3.05, 3.63) is 333 Å². The van der Waals surface area contributed by atoms with Crippen molar-refractivity contribution in [2.45, 2.75) is 20.8 Å². The van der Waals surface area contributed by atoms with Crippen LogP contribution in [0.1, 0.15) is 16.7 Å². The SMILES string of the molecule is Cc1cccc(-c2ccc3oc4ccncc4c3c2)c1.Cc1cccc(-c2ccc3oc4cnccc4c3c2)c1.Cc1cccc(-c2ccc3oc4ncccc4c3c2)c1.c1ccc(-c2ccc3oc4ccccc4c3n2)cc1.c1ccc(-c2cnc3oc4ccccc4c3c2)cc1. The second kappa shape index (κ2) is 26.4. The zero-order valence-corrected chi connectivity index (χ0v) is 53.8. The second-order valence-electron chi connectivity index (χ2n) is 24.2. The fourth-order valence-corrected chi connectivity index (χ4v) is 12.6. The molecule has 0 atom stereocenters. The Hall–Kier alpha value is -13.1. The standard InChI is InChI=1S/3C18H13NO.2C17H11NO/c1-12-4-2-5-13(10-12)14-7-8-17-16(11-14)15-6-3-9-19-18(15)20-17;1-12-3-2-4-13(9-12)14-5-6-17-15(10-14)16-11-19-8-7-18(16)20-17;1-12-3-2-4-13(9-12)14-5-6-17-16(10-14)15-7-8-19-11-18(15)20-17;1-2-6-12(7-3-1)13-10-15-14-8-4-5-9-16(14)19-17(15)18-11-13;1-2-6-12(7-3-1)14-10-11-16-17(18-14)13-8-4-5-9-15(13)19-16/h3*2-11H,1H3;2*1-11H. The van der Waals surface area contributed by atoms with Crippen LogP contribution in [0.5, 0.6) is 0 Å². The fourth-order valence-electron chi connectivity index (χ4n) is 12.6. The van der Waals surface area contributed by atoms with E-state index in [2.05, 4.69) is 186 Å². The molecule has 0 N–H and O–H groups in total. The Balaban J connectivity index is 0.0000000958. The van der Waals surface area contributed by atoms with Crippen molar-refractivity contribution in [3.63, 3.8) is 0 Å². The molecule has 0 unspecified atom stereocenters. The molecule has 0 aliphatic carbocycles. The van der Waals surface area contributed by atoms with Crippen molar-refractivity contribution < 1.29 is 22.1 Å². The van der Waals surface area contributed by atoms with E-state index in [1.807, 2.05) is 146 Å². The molecule has 0 saturated heterocycles. The van der Waals surface area contributed by atoms with Crippen LogP contribution in [0.4, 0.5) is 0 Å². The minimum atomic E-state index is 0.695. The van der Waals surface area contributed by atoms with Crippen LogP contribution in [0.2, 0.25) is 0 Å². The first-order valence-corrected chi connectivity index (χ1v) is 32.4. The van der Waals surface area contributed by atoms with Crippen molar-refractivity contribution in [2.75, 3.05) is 0 Å². The number of aromatic nitrogens is 5. The van der Waals surface area contributed by atoms with E-state index in [0.29, 0.717) is 11.4 Å². The summed E-state index contributed by atoms with van der Waals surface area (Å²) >= 11 is 0. The lowest BCUT2D eigenvalue weighted by atomic mass is 10.0. The largest absolute Gasteiger partial charge is 0.456 e. The molecule has 0 spiro atoms. The van der Waals surface area contributed by atoms with Crippen molar-refractivity contribution >= 4 is 110 Å². The van der Waals surface area contributed by atoms with Gasteiger partial charge in [-0.1, -0.05) is 199 Å². The summed E-state index contributed by atoms with van der Waals surface area (Å²) in [7, 11) is 0. The second-order valence-corrected chi connectivity index (χ2v) is 24.2. The van der Waals surface area contributed by atoms with E-state index in [0.717, 1.165) is 115 Å².